The quantitative estimate of drug-likeness (QED) is 0.558. The highest BCUT2D eigenvalue weighted by atomic mass is 16.1. The van der Waals surface area contributed by atoms with Gasteiger partial charge in [-0.25, -0.2) is 0 Å². The molecule has 1 amide bonds. The molecule has 0 atom stereocenters. The van der Waals surface area contributed by atoms with Crippen molar-refractivity contribution < 1.29 is 4.79 Å². The third-order valence-electron chi connectivity index (χ3n) is 2.43. The predicted molar refractivity (Wildman–Crippen MR) is 69.0 cm³/mol. The summed E-state index contributed by atoms with van der Waals surface area (Å²) in [6.45, 7) is 1.87. The highest BCUT2D eigenvalue weighted by Crippen LogP contribution is 2.13. The Hall–Kier alpha value is -2.47. The Kier molecular flexibility index (Phi) is 3.49. The van der Waals surface area contributed by atoms with Gasteiger partial charge in [0.15, 0.2) is 0 Å². The number of carbonyl (C=O) groups excluding carboxylic acids is 1. The van der Waals surface area contributed by atoms with E-state index >= 15 is 0 Å². The molecule has 2 aromatic rings. The zero-order valence-corrected chi connectivity index (χ0v) is 9.84. The number of pyridine rings is 2. The molecule has 2 aromatic heterocycles. The van der Waals surface area contributed by atoms with Crippen molar-refractivity contribution in [1.82, 2.24) is 9.97 Å². The predicted octanol–water partition coefficient (Wildman–Crippen LogP) is 1.32. The van der Waals surface area contributed by atoms with Crippen molar-refractivity contribution in [3.8, 4) is 0 Å². The van der Waals surface area contributed by atoms with Gasteiger partial charge in [0.1, 0.15) is 5.69 Å². The van der Waals surface area contributed by atoms with Gasteiger partial charge in [0, 0.05) is 24.3 Å². The summed E-state index contributed by atoms with van der Waals surface area (Å²) in [7, 11) is 0. The van der Waals surface area contributed by atoms with E-state index in [0.29, 0.717) is 17.1 Å². The first kappa shape index (κ1) is 12.0. The molecule has 0 aliphatic carbocycles. The molecule has 0 aromatic carbocycles. The largest absolute Gasteiger partial charge is 0.324 e. The highest BCUT2D eigenvalue weighted by molar-refractivity contribution is 6.03. The van der Waals surface area contributed by atoms with E-state index in [1.54, 1.807) is 30.6 Å². The monoisotopic (exact) mass is 243 g/mol. The summed E-state index contributed by atoms with van der Waals surface area (Å²) in [5, 5.41) is 2.77. The van der Waals surface area contributed by atoms with E-state index in [2.05, 4.69) is 20.7 Å². The van der Waals surface area contributed by atoms with Crippen LogP contribution < -0.4 is 16.6 Å². The molecule has 0 fully saturated rings. The van der Waals surface area contributed by atoms with Crippen LogP contribution in [0.15, 0.2) is 36.8 Å². The minimum Gasteiger partial charge on any atom is -0.324 e. The molecular formula is C12H13N5O. The molecule has 2 heterocycles. The Morgan fingerprint density at radius 1 is 1.33 bits per heavy atom. The van der Waals surface area contributed by atoms with Crippen LogP contribution in [0.1, 0.15) is 16.1 Å². The van der Waals surface area contributed by atoms with Crippen LogP contribution in [-0.4, -0.2) is 15.9 Å². The number of anilines is 2. The Morgan fingerprint density at radius 2 is 2.17 bits per heavy atom. The number of nitrogens with zero attached hydrogens (tertiary/aromatic N) is 2. The van der Waals surface area contributed by atoms with Gasteiger partial charge in [0.05, 0.1) is 5.69 Å². The molecule has 2 rings (SSSR count). The lowest BCUT2D eigenvalue weighted by Gasteiger charge is -2.07. The average Bonchev–Trinajstić information content (AvgIpc) is 2.41. The second-order valence-corrected chi connectivity index (χ2v) is 3.72. The Balaban J connectivity index is 2.19. The van der Waals surface area contributed by atoms with E-state index in [0.717, 1.165) is 5.56 Å². The molecule has 6 nitrogen and oxygen atoms in total. The molecule has 0 aliphatic rings. The molecule has 0 unspecified atom stereocenters. The van der Waals surface area contributed by atoms with Crippen LogP contribution in [0.4, 0.5) is 11.4 Å². The Labute approximate surface area is 104 Å². The zero-order valence-electron chi connectivity index (χ0n) is 9.84. The second-order valence-electron chi connectivity index (χ2n) is 3.72. The first-order valence-electron chi connectivity index (χ1n) is 5.35. The number of carbonyl (C=O) groups is 1. The van der Waals surface area contributed by atoms with Gasteiger partial charge in [-0.15, -0.1) is 0 Å². The summed E-state index contributed by atoms with van der Waals surface area (Å²) in [5.74, 6) is 4.99. The lowest BCUT2D eigenvalue weighted by Crippen LogP contribution is -2.15. The second kappa shape index (κ2) is 5.24. The van der Waals surface area contributed by atoms with Crippen molar-refractivity contribution in [1.29, 1.82) is 0 Å². The van der Waals surface area contributed by atoms with Gasteiger partial charge >= 0.3 is 0 Å². The van der Waals surface area contributed by atoms with Crippen LogP contribution in [0, 0.1) is 6.92 Å². The van der Waals surface area contributed by atoms with E-state index in [1.165, 1.54) is 6.20 Å². The number of hydrogen-bond donors (Lipinski definition) is 3. The van der Waals surface area contributed by atoms with Crippen molar-refractivity contribution in [3.05, 3.63) is 48.0 Å². The van der Waals surface area contributed by atoms with Crippen LogP contribution in [0.3, 0.4) is 0 Å². The zero-order chi connectivity index (χ0) is 13.0. The average molecular weight is 243 g/mol. The maximum absolute atomic E-state index is 12.0. The molecule has 4 N–H and O–H groups in total. The van der Waals surface area contributed by atoms with E-state index < -0.39 is 0 Å². The number of hydrogen-bond acceptors (Lipinski definition) is 5. The van der Waals surface area contributed by atoms with Gasteiger partial charge in [-0.2, -0.15) is 0 Å². The fraction of sp³-hybridized carbons (Fsp3) is 0.0833. The molecule has 0 saturated heterocycles. The Morgan fingerprint density at radius 3 is 2.89 bits per heavy atom. The van der Waals surface area contributed by atoms with Gasteiger partial charge in [-0.1, -0.05) is 0 Å². The summed E-state index contributed by atoms with van der Waals surface area (Å²) < 4.78 is 0. The van der Waals surface area contributed by atoms with E-state index in [9.17, 15) is 4.79 Å². The summed E-state index contributed by atoms with van der Waals surface area (Å²) in [5.41, 5.74) is 4.99. The van der Waals surface area contributed by atoms with E-state index in [1.807, 2.05) is 6.92 Å². The number of nitrogen functional groups attached to an aromatic ring is 1. The standard InChI is InChI=1S/C12H13N5O/c1-8-7-14-4-3-10(8)16-12(18)11-6-9(17-13)2-5-15-11/h2-7H,13H2,1H3,(H,15,17)(H,14,16,18). The van der Waals surface area contributed by atoms with Gasteiger partial charge in [-0.3, -0.25) is 20.6 Å². The molecule has 0 bridgehead atoms. The summed E-state index contributed by atoms with van der Waals surface area (Å²) >= 11 is 0. The van der Waals surface area contributed by atoms with Gasteiger partial charge < -0.3 is 10.7 Å². The van der Waals surface area contributed by atoms with Crippen LogP contribution in [0.2, 0.25) is 0 Å². The van der Waals surface area contributed by atoms with Gasteiger partial charge in [0.25, 0.3) is 5.91 Å². The number of aromatic nitrogens is 2. The molecule has 18 heavy (non-hydrogen) atoms. The van der Waals surface area contributed by atoms with Gasteiger partial charge in [0.2, 0.25) is 0 Å². The number of nitrogens with two attached hydrogens (primary N) is 1. The minimum atomic E-state index is -0.290. The summed E-state index contributed by atoms with van der Waals surface area (Å²) in [6.07, 6.45) is 4.82. The van der Waals surface area contributed by atoms with Gasteiger partial charge in [-0.05, 0) is 30.7 Å². The molecule has 0 aliphatic heterocycles. The van der Waals surface area contributed by atoms with Crippen molar-refractivity contribution in [2.45, 2.75) is 6.92 Å². The highest BCUT2D eigenvalue weighted by Gasteiger charge is 2.09. The lowest BCUT2D eigenvalue weighted by atomic mass is 10.2. The Bertz CT molecular complexity index is 570. The number of amides is 1. The maximum Gasteiger partial charge on any atom is 0.274 e. The number of rotatable bonds is 3. The van der Waals surface area contributed by atoms with Crippen LogP contribution in [0.25, 0.3) is 0 Å². The van der Waals surface area contributed by atoms with E-state index in [-0.39, 0.29) is 5.91 Å². The van der Waals surface area contributed by atoms with Crippen LogP contribution >= 0.6 is 0 Å². The molecule has 0 spiro atoms. The summed E-state index contributed by atoms with van der Waals surface area (Å²) in [4.78, 5) is 19.9. The number of hydrazine groups is 1. The first-order valence-corrected chi connectivity index (χ1v) is 5.35. The third kappa shape index (κ3) is 2.61. The fourth-order valence-electron chi connectivity index (χ4n) is 1.44. The summed E-state index contributed by atoms with van der Waals surface area (Å²) in [6, 6.07) is 4.98. The van der Waals surface area contributed by atoms with Crippen molar-refractivity contribution in [2.24, 2.45) is 5.84 Å². The third-order valence-corrected chi connectivity index (χ3v) is 2.43. The van der Waals surface area contributed by atoms with E-state index in [4.69, 9.17) is 5.84 Å². The van der Waals surface area contributed by atoms with Crippen molar-refractivity contribution in [3.63, 3.8) is 0 Å². The lowest BCUT2D eigenvalue weighted by molar-refractivity contribution is 0.102. The minimum absolute atomic E-state index is 0.290. The number of nitrogens with one attached hydrogen (secondary N) is 2. The fourth-order valence-corrected chi connectivity index (χ4v) is 1.44. The molecular weight excluding hydrogens is 230 g/mol. The van der Waals surface area contributed by atoms with Crippen molar-refractivity contribution >= 4 is 17.3 Å². The first-order chi connectivity index (χ1) is 8.70. The smallest absolute Gasteiger partial charge is 0.274 e. The molecule has 92 valence electrons. The van der Waals surface area contributed by atoms with Crippen molar-refractivity contribution in [2.75, 3.05) is 10.7 Å². The normalized spacial score (nSPS) is 9.89. The molecule has 6 heteroatoms. The van der Waals surface area contributed by atoms with Crippen LogP contribution in [-0.2, 0) is 0 Å². The van der Waals surface area contributed by atoms with Crippen LogP contribution in [0.5, 0.6) is 0 Å². The molecule has 0 radical (unpaired) electrons. The topological polar surface area (TPSA) is 92.9 Å². The maximum atomic E-state index is 12.0. The SMILES string of the molecule is Cc1cnccc1NC(=O)c1cc(NN)ccn1. The molecule has 0 saturated carbocycles. The number of aryl methyl sites for hydroxylation is 1.